The van der Waals surface area contributed by atoms with E-state index in [1.54, 1.807) is 40.1 Å². The van der Waals surface area contributed by atoms with Gasteiger partial charge in [-0.25, -0.2) is 28.3 Å². The number of likely N-dealkylation sites (tertiary alicyclic amines) is 2. The van der Waals surface area contributed by atoms with Crippen LogP contribution in [0.15, 0.2) is 85.2 Å². The van der Waals surface area contributed by atoms with E-state index in [-0.39, 0.29) is 37.8 Å². The summed E-state index contributed by atoms with van der Waals surface area (Å²) in [5, 5.41) is 6.13. The quantitative estimate of drug-likeness (QED) is 0.0998. The van der Waals surface area contributed by atoms with Crippen molar-refractivity contribution in [3.8, 4) is 39.5 Å². The molecule has 0 bridgehead atoms. The highest BCUT2D eigenvalue weighted by Crippen LogP contribution is 2.46. The Kier molecular flexibility index (Phi) is 12.2. The van der Waals surface area contributed by atoms with Crippen LogP contribution in [0.2, 0.25) is 0 Å². The Labute approximate surface area is 385 Å². The number of benzene rings is 3. The molecule has 3 aromatic heterocycles. The maximum absolute atomic E-state index is 15.0. The van der Waals surface area contributed by atoms with Crippen LogP contribution in [0.3, 0.4) is 0 Å². The normalized spacial score (nSPS) is 20.9. The molecule has 0 spiro atoms. The molecule has 0 radical (unpaired) electrons. The van der Waals surface area contributed by atoms with Gasteiger partial charge in [0.15, 0.2) is 0 Å². The van der Waals surface area contributed by atoms with Gasteiger partial charge in [-0.05, 0) is 42.2 Å². The van der Waals surface area contributed by atoms with Gasteiger partial charge in [0.05, 0.1) is 74.4 Å². The van der Waals surface area contributed by atoms with Crippen molar-refractivity contribution in [3.05, 3.63) is 102 Å². The summed E-state index contributed by atoms with van der Waals surface area (Å²) in [5.74, 6) is 0.139. The summed E-state index contributed by atoms with van der Waals surface area (Å²) in [5.41, 5.74) is 6.58. The maximum atomic E-state index is 15.0. The molecule has 6 aromatic rings. The highest BCUT2D eigenvalue weighted by molar-refractivity contribution is 5.93. The highest BCUT2D eigenvalue weighted by atomic mass is 19.1. The van der Waals surface area contributed by atoms with Crippen molar-refractivity contribution >= 4 is 34.9 Å². The summed E-state index contributed by atoms with van der Waals surface area (Å²) in [6, 6.07) is 20.8. The van der Waals surface area contributed by atoms with Crippen LogP contribution in [0.1, 0.15) is 76.1 Å². The number of alkyl carbamates (subject to hydrolysis) is 2. The third kappa shape index (κ3) is 8.55. The number of carbonyl (C=O) groups is 4. The largest absolute Gasteiger partial charge is 0.465 e. The fourth-order valence-electron chi connectivity index (χ4n) is 9.51. The second-order valence-electron chi connectivity index (χ2n) is 18.0. The van der Waals surface area contributed by atoms with Crippen LogP contribution < -0.4 is 15.4 Å². The number of hydrogen-bond acceptors (Lipinski definition) is 9. The monoisotopic (exact) mass is 917 g/mol. The lowest BCUT2D eigenvalue weighted by Gasteiger charge is -2.30. The Balaban J connectivity index is 1.01. The van der Waals surface area contributed by atoms with E-state index in [0.29, 0.717) is 28.8 Å². The number of alkyl halides is 2. The number of hydrogen-bond donors (Lipinski definition) is 4. The van der Waals surface area contributed by atoms with Crippen molar-refractivity contribution in [2.24, 2.45) is 11.8 Å². The molecule has 2 fully saturated rings. The van der Waals surface area contributed by atoms with Gasteiger partial charge in [-0.2, -0.15) is 0 Å². The zero-order chi connectivity index (χ0) is 47.3. The number of imidazole rings is 2. The predicted molar refractivity (Wildman–Crippen MR) is 244 cm³/mol. The summed E-state index contributed by atoms with van der Waals surface area (Å²) < 4.78 is 48.6. The molecule has 3 aliphatic rings. The molecular formula is C49H53F2N9O7. The van der Waals surface area contributed by atoms with Crippen LogP contribution >= 0.6 is 0 Å². The van der Waals surface area contributed by atoms with Crippen molar-refractivity contribution < 1.29 is 42.2 Å². The number of carbonyl (C=O) groups excluding carboxylic acids is 4. The van der Waals surface area contributed by atoms with Gasteiger partial charge >= 0.3 is 12.2 Å². The summed E-state index contributed by atoms with van der Waals surface area (Å²) in [6.07, 6.45) is -1.08. The zero-order valence-corrected chi connectivity index (χ0v) is 38.0. The first kappa shape index (κ1) is 44.9. The standard InChI is InChI=1S/C49H53F2N9O7/c1-25(2)41(56-48(63)65-5)45(61)58-23-31(50)19-38(58)43-52-21-34(54-43)28-13-15-36-30(16-28)17-37-33-14-12-29(18-40(33)67-47(60(36)37)27-10-8-7-9-11-27)35-22-53-44(55-35)39-20-32(51)24-59(39)46(62)42(26(3)4)57-49(64)66-6/h7-18,21-22,25-26,31-32,38-39,41-42,47H,19-20,23-24H2,1-6H3,(H,52,54)(H,53,55)(H,56,63)(H,57,64)/t31-,32-,38+,39+,41+,42+,47?/m1/s1. The number of aromatic nitrogens is 5. The summed E-state index contributed by atoms with van der Waals surface area (Å²) in [7, 11) is 2.45. The number of halogens is 2. The van der Waals surface area contributed by atoms with Gasteiger partial charge in [0.2, 0.25) is 18.0 Å². The molecule has 4 N–H and O–H groups in total. The first-order valence-electron chi connectivity index (χ1n) is 22.4. The van der Waals surface area contributed by atoms with Crippen molar-refractivity contribution in [1.29, 1.82) is 0 Å². The minimum atomic E-state index is -1.27. The Bertz CT molecular complexity index is 2820. The van der Waals surface area contributed by atoms with E-state index < -0.39 is 66.7 Å². The number of nitrogens with one attached hydrogen (secondary N) is 4. The molecular weight excluding hydrogens is 865 g/mol. The lowest BCUT2D eigenvalue weighted by Crippen LogP contribution is -2.51. The molecule has 3 aliphatic heterocycles. The molecule has 350 valence electrons. The maximum Gasteiger partial charge on any atom is 0.407 e. The predicted octanol–water partition coefficient (Wildman–Crippen LogP) is 8.01. The van der Waals surface area contributed by atoms with Gasteiger partial charge < -0.3 is 49.2 Å². The molecule has 0 saturated carbocycles. The molecule has 9 rings (SSSR count). The number of amides is 4. The Morgan fingerprint density at radius 2 is 1.24 bits per heavy atom. The Morgan fingerprint density at radius 3 is 1.76 bits per heavy atom. The van der Waals surface area contributed by atoms with E-state index >= 15 is 8.78 Å². The van der Waals surface area contributed by atoms with Crippen molar-refractivity contribution in [2.45, 2.75) is 83.3 Å². The van der Waals surface area contributed by atoms with Gasteiger partial charge in [0.1, 0.15) is 41.8 Å². The number of fused-ring (bicyclic) bond motifs is 5. The fourth-order valence-corrected chi connectivity index (χ4v) is 9.51. The van der Waals surface area contributed by atoms with Gasteiger partial charge in [-0.15, -0.1) is 0 Å². The molecule has 18 heteroatoms. The van der Waals surface area contributed by atoms with E-state index in [9.17, 15) is 19.2 Å². The first-order valence-corrected chi connectivity index (χ1v) is 22.4. The van der Waals surface area contributed by atoms with Gasteiger partial charge in [0, 0.05) is 40.5 Å². The first-order chi connectivity index (χ1) is 32.2. The Hall–Kier alpha value is -7.24. The topological polar surface area (TPSA) is 189 Å². The lowest BCUT2D eigenvalue weighted by atomic mass is 10.0. The number of ether oxygens (including phenoxy) is 3. The molecule has 7 atom stereocenters. The molecule has 4 amide bonds. The Morgan fingerprint density at radius 1 is 0.716 bits per heavy atom. The van der Waals surface area contributed by atoms with Gasteiger partial charge in [0.25, 0.3) is 0 Å². The summed E-state index contributed by atoms with van der Waals surface area (Å²) >= 11 is 0. The van der Waals surface area contributed by atoms with Crippen LogP contribution in [0, 0.1) is 11.8 Å². The average Bonchev–Trinajstić information content (AvgIpc) is 4.19. The molecule has 67 heavy (non-hydrogen) atoms. The summed E-state index contributed by atoms with van der Waals surface area (Å²) in [6.45, 7) is 6.96. The van der Waals surface area contributed by atoms with E-state index in [4.69, 9.17) is 14.2 Å². The number of H-pyrrole nitrogens is 2. The van der Waals surface area contributed by atoms with Crippen molar-refractivity contribution in [1.82, 2.24) is 44.9 Å². The van der Waals surface area contributed by atoms with Crippen LogP contribution in [-0.2, 0) is 19.1 Å². The van der Waals surface area contributed by atoms with Gasteiger partial charge in [-0.3, -0.25) is 9.59 Å². The van der Waals surface area contributed by atoms with Crippen LogP contribution in [-0.4, -0.2) is 110 Å². The minimum Gasteiger partial charge on any atom is -0.465 e. The van der Waals surface area contributed by atoms with Crippen LogP contribution in [0.5, 0.6) is 5.75 Å². The molecule has 2 saturated heterocycles. The number of methoxy groups -OCH3 is 2. The lowest BCUT2D eigenvalue weighted by molar-refractivity contribution is -0.136. The molecule has 1 unspecified atom stereocenters. The van der Waals surface area contributed by atoms with E-state index in [2.05, 4.69) is 47.3 Å². The molecule has 0 aliphatic carbocycles. The van der Waals surface area contributed by atoms with Crippen LogP contribution in [0.4, 0.5) is 18.4 Å². The minimum absolute atomic E-state index is 0.0533. The fraction of sp³-hybridized carbons (Fsp3) is 0.388. The molecule has 6 heterocycles. The zero-order valence-electron chi connectivity index (χ0n) is 38.0. The second kappa shape index (κ2) is 18.2. The van der Waals surface area contributed by atoms with Crippen molar-refractivity contribution in [2.75, 3.05) is 27.3 Å². The second-order valence-corrected chi connectivity index (χ2v) is 18.0. The van der Waals surface area contributed by atoms with E-state index in [0.717, 1.165) is 38.9 Å². The van der Waals surface area contributed by atoms with Crippen LogP contribution in [0.25, 0.3) is 44.7 Å². The highest BCUT2D eigenvalue weighted by Gasteiger charge is 2.43. The van der Waals surface area contributed by atoms with Gasteiger partial charge in [-0.1, -0.05) is 70.2 Å². The third-order valence-corrected chi connectivity index (χ3v) is 12.9. The average molecular weight is 918 g/mol. The molecule has 16 nitrogen and oxygen atoms in total. The third-order valence-electron chi connectivity index (χ3n) is 12.9. The molecule has 3 aromatic carbocycles. The van der Waals surface area contributed by atoms with E-state index in [1.165, 1.54) is 24.0 Å². The van der Waals surface area contributed by atoms with E-state index in [1.807, 2.05) is 60.7 Å². The number of rotatable bonds is 11. The number of aromatic amines is 2. The van der Waals surface area contributed by atoms with Crippen molar-refractivity contribution in [3.63, 3.8) is 0 Å². The number of nitrogens with zero attached hydrogens (tertiary/aromatic N) is 5. The SMILES string of the molecule is COC(=O)N[C@H](C(=O)N1C[C@H](F)C[C@H]1c1ncc(-c2ccc3c(c2)OC(c2ccccc2)n2c-3cc3cc(-c4cnc([C@@H]5C[C@@H](F)CN5C(=O)[C@@H](NC(=O)OC)C(C)C)[nH]4)ccc32)[nH]1)C(C)C. The smallest absolute Gasteiger partial charge is 0.407 e. The summed E-state index contributed by atoms with van der Waals surface area (Å²) in [4.78, 5) is 70.5.